The van der Waals surface area contributed by atoms with Gasteiger partial charge in [0, 0.05) is 29.6 Å². The summed E-state index contributed by atoms with van der Waals surface area (Å²) in [6, 6.07) is 14.7. The lowest BCUT2D eigenvalue weighted by atomic mass is 9.90. The zero-order chi connectivity index (χ0) is 22.0. The van der Waals surface area contributed by atoms with Crippen LogP contribution in [-0.2, 0) is 22.6 Å². The van der Waals surface area contributed by atoms with Crippen molar-refractivity contribution in [1.82, 2.24) is 14.7 Å². The van der Waals surface area contributed by atoms with Crippen molar-refractivity contribution in [3.05, 3.63) is 81.5 Å². The van der Waals surface area contributed by atoms with Crippen LogP contribution in [0.5, 0.6) is 0 Å². The molecule has 0 aliphatic carbocycles. The van der Waals surface area contributed by atoms with E-state index in [1.807, 2.05) is 24.3 Å². The molecule has 1 aliphatic heterocycles. The van der Waals surface area contributed by atoms with Gasteiger partial charge in [-0.05, 0) is 35.2 Å². The summed E-state index contributed by atoms with van der Waals surface area (Å²) in [5, 5.41) is 8.33. The molecule has 0 saturated carbocycles. The molecule has 31 heavy (non-hydrogen) atoms. The van der Waals surface area contributed by atoms with Crippen LogP contribution in [0.4, 0.5) is 5.82 Å². The largest absolute Gasteiger partial charge is 0.335 e. The predicted molar refractivity (Wildman–Crippen MR) is 121 cm³/mol. The van der Waals surface area contributed by atoms with Crippen LogP contribution >= 0.6 is 23.2 Å². The number of carbonyl (C=O) groups excluding carboxylic acids is 2. The molecule has 1 aromatic heterocycles. The summed E-state index contributed by atoms with van der Waals surface area (Å²) in [4.78, 5) is 26.9. The SMILES string of the molecule is CC(=O)N1CCc2ccccc2C1CC(=O)Nc1ccnn1Cc1ccc(Cl)cc1Cl. The fourth-order valence-electron chi connectivity index (χ4n) is 3.99. The summed E-state index contributed by atoms with van der Waals surface area (Å²) in [7, 11) is 0. The highest BCUT2D eigenvalue weighted by atomic mass is 35.5. The summed E-state index contributed by atoms with van der Waals surface area (Å²) in [6.07, 6.45) is 2.59. The van der Waals surface area contributed by atoms with E-state index >= 15 is 0 Å². The fourth-order valence-corrected chi connectivity index (χ4v) is 4.46. The molecule has 0 bridgehead atoms. The summed E-state index contributed by atoms with van der Waals surface area (Å²) >= 11 is 12.2. The van der Waals surface area contributed by atoms with E-state index in [1.165, 1.54) is 5.56 Å². The summed E-state index contributed by atoms with van der Waals surface area (Å²) in [5.74, 6) is 0.348. The first-order valence-corrected chi connectivity index (χ1v) is 10.8. The first-order chi connectivity index (χ1) is 14.9. The molecular formula is C23H22Cl2N4O2. The van der Waals surface area contributed by atoms with Crippen molar-refractivity contribution < 1.29 is 9.59 Å². The number of halogens is 2. The topological polar surface area (TPSA) is 67.2 Å². The zero-order valence-electron chi connectivity index (χ0n) is 17.0. The van der Waals surface area contributed by atoms with Gasteiger partial charge in [-0.1, -0.05) is 53.5 Å². The van der Waals surface area contributed by atoms with Gasteiger partial charge in [-0.3, -0.25) is 9.59 Å². The summed E-state index contributed by atoms with van der Waals surface area (Å²) in [5.41, 5.74) is 3.05. The average molecular weight is 457 g/mol. The van der Waals surface area contributed by atoms with Crippen molar-refractivity contribution in [2.45, 2.75) is 32.4 Å². The second kappa shape index (κ2) is 9.12. The van der Waals surface area contributed by atoms with Crippen molar-refractivity contribution in [3.63, 3.8) is 0 Å². The Morgan fingerprint density at radius 3 is 2.74 bits per heavy atom. The molecule has 1 N–H and O–H groups in total. The Morgan fingerprint density at radius 2 is 1.97 bits per heavy atom. The minimum absolute atomic E-state index is 0.0327. The molecule has 2 heterocycles. The van der Waals surface area contributed by atoms with E-state index in [9.17, 15) is 9.59 Å². The Hall–Kier alpha value is -2.83. The molecule has 4 rings (SSSR count). The van der Waals surface area contributed by atoms with Crippen molar-refractivity contribution in [1.29, 1.82) is 0 Å². The number of benzene rings is 2. The third-order valence-electron chi connectivity index (χ3n) is 5.51. The maximum atomic E-state index is 12.9. The van der Waals surface area contributed by atoms with Crippen LogP contribution in [0.15, 0.2) is 54.7 Å². The minimum atomic E-state index is -0.287. The van der Waals surface area contributed by atoms with Crippen LogP contribution in [0, 0.1) is 0 Å². The number of amides is 2. The van der Waals surface area contributed by atoms with Gasteiger partial charge in [-0.2, -0.15) is 5.10 Å². The second-order valence-corrected chi connectivity index (χ2v) is 8.38. The summed E-state index contributed by atoms with van der Waals surface area (Å²) in [6.45, 7) is 2.55. The van der Waals surface area contributed by atoms with Gasteiger partial charge in [0.2, 0.25) is 11.8 Å². The third-order valence-corrected chi connectivity index (χ3v) is 6.10. The van der Waals surface area contributed by atoms with Crippen LogP contribution in [0.25, 0.3) is 0 Å². The number of hydrogen-bond acceptors (Lipinski definition) is 3. The van der Waals surface area contributed by atoms with Crippen molar-refractivity contribution in [2.75, 3.05) is 11.9 Å². The maximum absolute atomic E-state index is 12.9. The monoisotopic (exact) mass is 456 g/mol. The molecule has 1 atom stereocenters. The normalized spacial score (nSPS) is 15.5. The molecule has 3 aromatic rings. The lowest BCUT2D eigenvalue weighted by Crippen LogP contribution is -2.40. The number of nitrogens with zero attached hydrogens (tertiary/aromatic N) is 3. The third kappa shape index (κ3) is 4.75. The van der Waals surface area contributed by atoms with Gasteiger partial charge < -0.3 is 10.2 Å². The van der Waals surface area contributed by atoms with Gasteiger partial charge in [0.1, 0.15) is 5.82 Å². The Balaban J connectivity index is 1.50. The van der Waals surface area contributed by atoms with Gasteiger partial charge >= 0.3 is 0 Å². The Labute approximate surface area is 190 Å². The molecule has 2 aromatic carbocycles. The fraction of sp³-hybridized carbons (Fsp3) is 0.261. The molecule has 0 radical (unpaired) electrons. The minimum Gasteiger partial charge on any atom is -0.335 e. The summed E-state index contributed by atoms with van der Waals surface area (Å²) < 4.78 is 1.67. The van der Waals surface area contributed by atoms with Gasteiger partial charge in [0.15, 0.2) is 0 Å². The van der Waals surface area contributed by atoms with E-state index in [2.05, 4.69) is 16.5 Å². The molecule has 2 amide bonds. The number of rotatable bonds is 5. The molecule has 1 aliphatic rings. The van der Waals surface area contributed by atoms with Gasteiger partial charge in [0.25, 0.3) is 0 Å². The molecule has 8 heteroatoms. The van der Waals surface area contributed by atoms with Crippen molar-refractivity contribution in [3.8, 4) is 0 Å². The molecular weight excluding hydrogens is 435 g/mol. The molecule has 0 saturated heterocycles. The molecule has 0 fully saturated rings. The quantitative estimate of drug-likeness (QED) is 0.604. The van der Waals surface area contributed by atoms with Crippen LogP contribution in [0.2, 0.25) is 10.0 Å². The van der Waals surface area contributed by atoms with E-state index in [0.29, 0.717) is 29.0 Å². The van der Waals surface area contributed by atoms with E-state index in [0.717, 1.165) is 17.5 Å². The van der Waals surface area contributed by atoms with E-state index in [4.69, 9.17) is 23.2 Å². The highest BCUT2D eigenvalue weighted by Crippen LogP contribution is 2.32. The van der Waals surface area contributed by atoms with Crippen molar-refractivity contribution >= 4 is 40.8 Å². The Morgan fingerprint density at radius 1 is 1.16 bits per heavy atom. The molecule has 0 spiro atoms. The standard InChI is InChI=1S/C23H22Cl2N4O2/c1-15(30)28-11-9-16-4-2-3-5-19(16)21(28)13-23(31)27-22-8-10-26-29(22)14-17-6-7-18(24)12-20(17)25/h2-8,10,12,21H,9,11,13-14H2,1H3,(H,27,31). The smallest absolute Gasteiger partial charge is 0.227 e. The number of hydrogen-bond donors (Lipinski definition) is 1. The second-order valence-electron chi connectivity index (χ2n) is 7.54. The van der Waals surface area contributed by atoms with Gasteiger partial charge in [-0.15, -0.1) is 0 Å². The van der Waals surface area contributed by atoms with Crippen LogP contribution in [-0.4, -0.2) is 33.0 Å². The van der Waals surface area contributed by atoms with E-state index in [1.54, 1.807) is 40.9 Å². The highest BCUT2D eigenvalue weighted by Gasteiger charge is 2.30. The number of anilines is 1. The average Bonchev–Trinajstić information content (AvgIpc) is 3.16. The molecule has 160 valence electrons. The van der Waals surface area contributed by atoms with Crippen LogP contribution < -0.4 is 5.32 Å². The number of nitrogens with one attached hydrogen (secondary N) is 1. The van der Waals surface area contributed by atoms with E-state index in [-0.39, 0.29) is 24.3 Å². The Bertz CT molecular complexity index is 1130. The molecule has 6 nitrogen and oxygen atoms in total. The van der Waals surface area contributed by atoms with Gasteiger partial charge in [-0.25, -0.2) is 4.68 Å². The van der Waals surface area contributed by atoms with E-state index < -0.39 is 0 Å². The lowest BCUT2D eigenvalue weighted by molar-refractivity contribution is -0.132. The number of fused-ring (bicyclic) bond motifs is 1. The zero-order valence-corrected chi connectivity index (χ0v) is 18.5. The molecule has 1 unspecified atom stereocenters. The lowest BCUT2D eigenvalue weighted by Gasteiger charge is -2.36. The first kappa shape index (κ1) is 21.4. The predicted octanol–water partition coefficient (Wildman–Crippen LogP) is 4.71. The van der Waals surface area contributed by atoms with Crippen LogP contribution in [0.1, 0.15) is 36.1 Å². The van der Waals surface area contributed by atoms with Crippen molar-refractivity contribution in [2.24, 2.45) is 0 Å². The first-order valence-electron chi connectivity index (χ1n) is 10.0. The maximum Gasteiger partial charge on any atom is 0.227 e. The number of carbonyl (C=O) groups is 2. The highest BCUT2D eigenvalue weighted by molar-refractivity contribution is 6.35. The van der Waals surface area contributed by atoms with Crippen LogP contribution in [0.3, 0.4) is 0 Å². The Kier molecular flexibility index (Phi) is 6.30. The number of aromatic nitrogens is 2. The van der Waals surface area contributed by atoms with Gasteiger partial charge in [0.05, 0.1) is 25.2 Å².